The van der Waals surface area contributed by atoms with Crippen LogP contribution < -0.4 is 5.32 Å². The molecule has 0 saturated carbocycles. The minimum Gasteiger partial charge on any atom is -0.371 e. The molecule has 2 heterocycles. The number of carbonyl (C=O) groups excluding carboxylic acids is 1. The summed E-state index contributed by atoms with van der Waals surface area (Å²) in [5, 5.41) is 3.33. The maximum absolute atomic E-state index is 13.0. The second-order valence-electron chi connectivity index (χ2n) is 6.32. The van der Waals surface area contributed by atoms with Crippen LogP contribution in [0.2, 0.25) is 5.02 Å². The van der Waals surface area contributed by atoms with Crippen LogP contribution in [-0.4, -0.2) is 38.3 Å². The lowest BCUT2D eigenvalue weighted by Crippen LogP contribution is -2.42. The lowest BCUT2D eigenvalue weighted by molar-refractivity contribution is -0.115. The van der Waals surface area contributed by atoms with Crippen LogP contribution in [0.15, 0.2) is 47.4 Å². The zero-order valence-electron chi connectivity index (χ0n) is 13.8. The van der Waals surface area contributed by atoms with Crippen molar-refractivity contribution in [1.82, 2.24) is 4.31 Å². The summed E-state index contributed by atoms with van der Waals surface area (Å²) in [6, 6.07) is 12.0. The topological polar surface area (TPSA) is 75.7 Å². The number of rotatable bonds is 3. The summed E-state index contributed by atoms with van der Waals surface area (Å²) in [4.78, 5) is 11.7. The summed E-state index contributed by atoms with van der Waals surface area (Å²) in [5.41, 5.74) is 2.27. The van der Waals surface area contributed by atoms with E-state index in [2.05, 4.69) is 5.32 Å². The van der Waals surface area contributed by atoms with E-state index in [1.54, 1.807) is 24.3 Å². The zero-order chi connectivity index (χ0) is 18.3. The molecular weight excluding hydrogens is 376 g/mol. The van der Waals surface area contributed by atoms with Gasteiger partial charge < -0.3 is 10.1 Å². The number of sulfonamides is 1. The first-order chi connectivity index (χ1) is 12.4. The van der Waals surface area contributed by atoms with Gasteiger partial charge in [-0.25, -0.2) is 8.42 Å². The van der Waals surface area contributed by atoms with Gasteiger partial charge in [0.05, 0.1) is 24.0 Å². The first-order valence-corrected chi connectivity index (χ1v) is 10.1. The number of morpholine rings is 1. The highest BCUT2D eigenvalue weighted by molar-refractivity contribution is 7.89. The number of carbonyl (C=O) groups is 1. The molecule has 2 aromatic carbocycles. The maximum atomic E-state index is 13.0. The Kier molecular flexibility index (Phi) is 4.48. The molecule has 1 saturated heterocycles. The Bertz CT molecular complexity index is 960. The van der Waals surface area contributed by atoms with Crippen LogP contribution in [0.1, 0.15) is 17.2 Å². The van der Waals surface area contributed by atoms with E-state index < -0.39 is 10.0 Å². The molecule has 0 bridgehead atoms. The molecular formula is C18H17ClN2O4S. The van der Waals surface area contributed by atoms with Crippen LogP contribution in [0.5, 0.6) is 0 Å². The van der Waals surface area contributed by atoms with Gasteiger partial charge in [0.2, 0.25) is 15.9 Å². The monoisotopic (exact) mass is 392 g/mol. The summed E-state index contributed by atoms with van der Waals surface area (Å²) < 4.78 is 33.3. The van der Waals surface area contributed by atoms with Gasteiger partial charge in [0.15, 0.2) is 0 Å². The Morgan fingerprint density at radius 1 is 1.15 bits per heavy atom. The predicted octanol–water partition coefficient (Wildman–Crippen LogP) is 2.60. The number of amides is 1. The van der Waals surface area contributed by atoms with Crippen LogP contribution in [-0.2, 0) is 26.0 Å². The second-order valence-corrected chi connectivity index (χ2v) is 8.69. The van der Waals surface area contributed by atoms with E-state index in [0.29, 0.717) is 29.4 Å². The molecule has 26 heavy (non-hydrogen) atoms. The standard InChI is InChI=1S/C18H17ClN2O4S/c19-14-3-1-12(2-4-14)17-11-21(7-8-25-17)26(23,24)15-5-6-16-13(9-15)10-18(22)20-16/h1-6,9,17H,7-8,10-11H2,(H,20,22). The zero-order valence-corrected chi connectivity index (χ0v) is 15.4. The third-order valence-electron chi connectivity index (χ3n) is 4.61. The highest BCUT2D eigenvalue weighted by Crippen LogP contribution is 2.30. The number of nitrogens with one attached hydrogen (secondary N) is 1. The van der Waals surface area contributed by atoms with Gasteiger partial charge in [-0.1, -0.05) is 23.7 Å². The molecule has 0 radical (unpaired) electrons. The van der Waals surface area contributed by atoms with Crippen molar-refractivity contribution in [2.45, 2.75) is 17.4 Å². The second kappa shape index (κ2) is 6.66. The molecule has 4 rings (SSSR count). The minimum atomic E-state index is -3.66. The molecule has 8 heteroatoms. The normalized spacial score (nSPS) is 20.7. The van der Waals surface area contributed by atoms with Crippen molar-refractivity contribution < 1.29 is 17.9 Å². The highest BCUT2D eigenvalue weighted by atomic mass is 35.5. The molecule has 0 spiro atoms. The van der Waals surface area contributed by atoms with Crippen molar-refractivity contribution >= 4 is 33.2 Å². The molecule has 6 nitrogen and oxygen atoms in total. The van der Waals surface area contributed by atoms with Crippen LogP contribution in [0.3, 0.4) is 0 Å². The van der Waals surface area contributed by atoms with Gasteiger partial charge in [-0.3, -0.25) is 4.79 Å². The van der Waals surface area contributed by atoms with Crippen molar-refractivity contribution in [2.75, 3.05) is 25.0 Å². The minimum absolute atomic E-state index is 0.122. The van der Waals surface area contributed by atoms with Crippen LogP contribution in [0.25, 0.3) is 0 Å². The fraction of sp³-hybridized carbons (Fsp3) is 0.278. The summed E-state index contributed by atoms with van der Waals surface area (Å²) >= 11 is 5.91. The lowest BCUT2D eigenvalue weighted by atomic mass is 10.1. The molecule has 1 N–H and O–H groups in total. The van der Waals surface area contributed by atoms with E-state index in [1.807, 2.05) is 12.1 Å². The largest absolute Gasteiger partial charge is 0.371 e. The average Bonchev–Trinajstić information content (AvgIpc) is 3.01. The van der Waals surface area contributed by atoms with Crippen molar-refractivity contribution in [2.24, 2.45) is 0 Å². The van der Waals surface area contributed by atoms with E-state index in [4.69, 9.17) is 16.3 Å². The van der Waals surface area contributed by atoms with Crippen LogP contribution in [0, 0.1) is 0 Å². The molecule has 1 unspecified atom stereocenters. The molecule has 2 aliphatic heterocycles. The molecule has 2 aliphatic rings. The molecule has 0 aliphatic carbocycles. The Hall–Kier alpha value is -1.93. The molecule has 0 aromatic heterocycles. The van der Waals surface area contributed by atoms with E-state index >= 15 is 0 Å². The Morgan fingerprint density at radius 2 is 1.92 bits per heavy atom. The number of halogens is 1. The molecule has 2 aromatic rings. The van der Waals surface area contributed by atoms with Crippen molar-refractivity contribution in [3.05, 3.63) is 58.6 Å². The van der Waals surface area contributed by atoms with Gasteiger partial charge in [-0.2, -0.15) is 4.31 Å². The van der Waals surface area contributed by atoms with Gasteiger partial charge in [0.25, 0.3) is 0 Å². The third kappa shape index (κ3) is 3.23. The quantitative estimate of drug-likeness (QED) is 0.871. The highest BCUT2D eigenvalue weighted by Gasteiger charge is 2.32. The van der Waals surface area contributed by atoms with Gasteiger partial charge in [0, 0.05) is 23.8 Å². The number of hydrogen-bond acceptors (Lipinski definition) is 4. The van der Waals surface area contributed by atoms with Gasteiger partial charge >= 0.3 is 0 Å². The summed E-state index contributed by atoms with van der Waals surface area (Å²) in [6.07, 6.45) is -0.136. The number of ether oxygens (including phenoxy) is 1. The van der Waals surface area contributed by atoms with E-state index in [9.17, 15) is 13.2 Å². The van der Waals surface area contributed by atoms with Crippen molar-refractivity contribution in [1.29, 1.82) is 0 Å². The average molecular weight is 393 g/mol. The van der Waals surface area contributed by atoms with Gasteiger partial charge in [0.1, 0.15) is 0 Å². The number of benzene rings is 2. The van der Waals surface area contributed by atoms with Crippen molar-refractivity contribution in [3.63, 3.8) is 0 Å². The predicted molar refractivity (Wildman–Crippen MR) is 97.7 cm³/mol. The number of hydrogen-bond donors (Lipinski definition) is 1. The number of anilines is 1. The Balaban J connectivity index is 1.59. The number of fused-ring (bicyclic) bond motifs is 1. The SMILES string of the molecule is O=C1Cc2cc(S(=O)(=O)N3CCOC(c4ccc(Cl)cc4)C3)ccc2N1. The van der Waals surface area contributed by atoms with E-state index in [-0.39, 0.29) is 29.9 Å². The first-order valence-electron chi connectivity index (χ1n) is 8.23. The van der Waals surface area contributed by atoms with Crippen LogP contribution >= 0.6 is 11.6 Å². The summed E-state index contributed by atoms with van der Waals surface area (Å²) in [5.74, 6) is -0.122. The fourth-order valence-electron chi connectivity index (χ4n) is 3.24. The smallest absolute Gasteiger partial charge is 0.243 e. The fourth-order valence-corrected chi connectivity index (χ4v) is 4.84. The van der Waals surface area contributed by atoms with Gasteiger partial charge in [-0.15, -0.1) is 0 Å². The van der Waals surface area contributed by atoms with Crippen LogP contribution in [0.4, 0.5) is 5.69 Å². The molecule has 1 amide bonds. The van der Waals surface area contributed by atoms with E-state index in [1.165, 1.54) is 10.4 Å². The third-order valence-corrected chi connectivity index (χ3v) is 6.72. The van der Waals surface area contributed by atoms with Gasteiger partial charge in [-0.05, 0) is 41.5 Å². The molecule has 1 fully saturated rings. The molecule has 136 valence electrons. The first kappa shape index (κ1) is 17.5. The Labute approximate surface area is 156 Å². The number of nitrogens with zero attached hydrogens (tertiary/aromatic N) is 1. The van der Waals surface area contributed by atoms with E-state index in [0.717, 1.165) is 5.56 Å². The summed E-state index contributed by atoms with van der Waals surface area (Å²) in [7, 11) is -3.66. The Morgan fingerprint density at radius 3 is 2.69 bits per heavy atom. The lowest BCUT2D eigenvalue weighted by Gasteiger charge is -2.32. The summed E-state index contributed by atoms with van der Waals surface area (Å²) in [6.45, 7) is 0.844. The molecule has 1 atom stereocenters. The maximum Gasteiger partial charge on any atom is 0.243 e. The van der Waals surface area contributed by atoms with Crippen molar-refractivity contribution in [3.8, 4) is 0 Å².